The van der Waals surface area contributed by atoms with E-state index < -0.39 is 12.1 Å². The highest BCUT2D eigenvalue weighted by Crippen LogP contribution is 2.40. The number of alkyl halides is 1. The second-order valence-electron chi connectivity index (χ2n) is 6.79. The maximum Gasteiger partial charge on any atom is 0.345 e. The van der Waals surface area contributed by atoms with Crippen LogP contribution in [0.4, 0.5) is 0 Å². The van der Waals surface area contributed by atoms with E-state index in [2.05, 4.69) is 12.2 Å². The van der Waals surface area contributed by atoms with Gasteiger partial charge in [0.1, 0.15) is 4.88 Å². The van der Waals surface area contributed by atoms with E-state index in [-0.39, 0.29) is 17.2 Å². The Morgan fingerprint density at radius 1 is 1.23 bits per heavy atom. The Morgan fingerprint density at radius 3 is 2.69 bits per heavy atom. The zero-order valence-corrected chi connectivity index (χ0v) is 16.0. The summed E-state index contributed by atoms with van der Waals surface area (Å²) < 4.78 is 0. The summed E-state index contributed by atoms with van der Waals surface area (Å²) in [5.41, 5.74) is 1.12. The first-order valence-corrected chi connectivity index (χ1v) is 10.2. The standard InChI is InChI=1S/C21H23ClO3S/c22-18-13-19(23)17(11-9-14-5-2-1-3-6-14)16(18)8-4-7-15-10-12-20(26-15)21(24)25/h1-3,5-6,9-12,16-19,23H,4,7-8,13H2,(H,24,25)/b11-9-/t16-,17-,18-,19-/m1/s1. The molecule has 0 aliphatic heterocycles. The van der Waals surface area contributed by atoms with Crippen LogP contribution in [0.2, 0.25) is 0 Å². The maximum atomic E-state index is 11.0. The molecule has 0 unspecified atom stereocenters. The molecule has 0 amide bonds. The van der Waals surface area contributed by atoms with E-state index >= 15 is 0 Å². The first-order valence-electron chi connectivity index (χ1n) is 8.92. The fourth-order valence-corrected chi connectivity index (χ4v) is 5.02. The molecule has 0 spiro atoms. The van der Waals surface area contributed by atoms with Crippen LogP contribution >= 0.6 is 22.9 Å². The third kappa shape index (κ3) is 4.76. The van der Waals surface area contributed by atoms with Gasteiger partial charge in [-0.05, 0) is 49.3 Å². The molecular weight excluding hydrogens is 368 g/mol. The molecule has 3 rings (SSSR count). The molecule has 2 aromatic rings. The summed E-state index contributed by atoms with van der Waals surface area (Å²) in [4.78, 5) is 12.4. The van der Waals surface area contributed by atoms with Crippen LogP contribution in [-0.4, -0.2) is 27.7 Å². The number of halogens is 1. The van der Waals surface area contributed by atoms with E-state index in [4.69, 9.17) is 16.7 Å². The smallest absolute Gasteiger partial charge is 0.345 e. The van der Waals surface area contributed by atoms with Crippen LogP contribution in [0.3, 0.4) is 0 Å². The first-order chi connectivity index (χ1) is 12.5. The highest BCUT2D eigenvalue weighted by molar-refractivity contribution is 7.13. The quantitative estimate of drug-likeness (QED) is 0.647. The fourth-order valence-electron chi connectivity index (χ4n) is 3.66. The lowest BCUT2D eigenvalue weighted by atomic mass is 9.89. The van der Waals surface area contributed by atoms with E-state index in [1.807, 2.05) is 36.4 Å². The molecule has 1 heterocycles. The minimum atomic E-state index is -0.868. The zero-order chi connectivity index (χ0) is 18.5. The number of hydrogen-bond donors (Lipinski definition) is 2. The Hall–Kier alpha value is -1.62. The van der Waals surface area contributed by atoms with Gasteiger partial charge in [0.05, 0.1) is 6.10 Å². The Balaban J connectivity index is 1.59. The minimum Gasteiger partial charge on any atom is -0.477 e. The molecule has 0 radical (unpaired) electrons. The van der Waals surface area contributed by atoms with E-state index in [1.165, 1.54) is 11.3 Å². The molecule has 138 valence electrons. The topological polar surface area (TPSA) is 57.5 Å². The maximum absolute atomic E-state index is 11.0. The van der Waals surface area contributed by atoms with Gasteiger partial charge in [0.25, 0.3) is 0 Å². The lowest BCUT2D eigenvalue weighted by Gasteiger charge is -2.20. The summed E-state index contributed by atoms with van der Waals surface area (Å²) in [5.74, 6) is -0.562. The van der Waals surface area contributed by atoms with Crippen LogP contribution in [0.25, 0.3) is 6.08 Å². The fraction of sp³-hybridized carbons (Fsp3) is 0.381. The van der Waals surface area contributed by atoms with Gasteiger partial charge in [-0.3, -0.25) is 0 Å². The Bertz CT molecular complexity index is 756. The molecule has 0 saturated heterocycles. The van der Waals surface area contributed by atoms with Gasteiger partial charge in [-0.1, -0.05) is 42.5 Å². The van der Waals surface area contributed by atoms with E-state index in [0.29, 0.717) is 11.3 Å². The number of aromatic carboxylic acids is 1. The number of benzene rings is 1. The second-order valence-corrected chi connectivity index (χ2v) is 8.52. The van der Waals surface area contributed by atoms with Gasteiger partial charge in [0, 0.05) is 16.2 Å². The number of carbonyl (C=O) groups is 1. The molecule has 1 aliphatic carbocycles. The predicted molar refractivity (Wildman–Crippen MR) is 107 cm³/mol. The number of rotatable bonds is 7. The molecular formula is C21H23ClO3S. The molecule has 2 N–H and O–H groups in total. The average molecular weight is 391 g/mol. The van der Waals surface area contributed by atoms with Gasteiger partial charge in [-0.2, -0.15) is 0 Å². The normalized spacial score (nSPS) is 25.8. The summed E-state index contributed by atoms with van der Waals surface area (Å²) >= 11 is 7.85. The van der Waals surface area contributed by atoms with Gasteiger partial charge >= 0.3 is 5.97 Å². The van der Waals surface area contributed by atoms with Crippen LogP contribution in [0.1, 0.15) is 39.4 Å². The summed E-state index contributed by atoms with van der Waals surface area (Å²) in [6.07, 6.45) is 7.10. The Morgan fingerprint density at radius 2 is 2.00 bits per heavy atom. The number of aliphatic hydroxyl groups excluding tert-OH is 1. The minimum absolute atomic E-state index is 0.0201. The Labute approximate surface area is 163 Å². The van der Waals surface area contributed by atoms with Crippen molar-refractivity contribution in [3.63, 3.8) is 0 Å². The van der Waals surface area contributed by atoms with E-state index in [9.17, 15) is 9.90 Å². The molecule has 26 heavy (non-hydrogen) atoms. The average Bonchev–Trinajstić information content (AvgIpc) is 3.19. The van der Waals surface area contributed by atoms with Crippen LogP contribution in [0, 0.1) is 11.8 Å². The number of carboxylic acid groups (broad SMARTS) is 1. The highest BCUT2D eigenvalue weighted by Gasteiger charge is 2.39. The zero-order valence-electron chi connectivity index (χ0n) is 14.4. The van der Waals surface area contributed by atoms with Gasteiger partial charge in [-0.15, -0.1) is 22.9 Å². The SMILES string of the molecule is O=C(O)c1ccc(CCC[C@@H]2[C@@H](/C=C\c3ccccc3)[C@H](O)C[C@H]2Cl)s1. The third-order valence-corrected chi connectivity index (χ3v) is 6.65. The molecule has 5 heteroatoms. The van der Waals surface area contributed by atoms with E-state index in [1.54, 1.807) is 6.07 Å². The number of aryl methyl sites for hydroxylation is 1. The van der Waals surface area contributed by atoms with E-state index in [0.717, 1.165) is 29.7 Å². The summed E-state index contributed by atoms with van der Waals surface area (Å²) in [5, 5.41) is 19.4. The first kappa shape index (κ1) is 19.2. The molecule has 0 bridgehead atoms. The van der Waals surface area contributed by atoms with Crippen molar-refractivity contribution in [1.29, 1.82) is 0 Å². The van der Waals surface area contributed by atoms with Crippen LogP contribution in [0.5, 0.6) is 0 Å². The molecule has 1 saturated carbocycles. The van der Waals surface area contributed by atoms with Crippen molar-refractivity contribution < 1.29 is 15.0 Å². The van der Waals surface area contributed by atoms with Crippen LogP contribution in [0.15, 0.2) is 48.5 Å². The van der Waals surface area contributed by atoms with Crippen LogP contribution in [-0.2, 0) is 6.42 Å². The van der Waals surface area contributed by atoms with Crippen molar-refractivity contribution in [2.45, 2.75) is 37.2 Å². The van der Waals surface area contributed by atoms with Crippen LogP contribution < -0.4 is 0 Å². The number of carboxylic acids is 1. The largest absolute Gasteiger partial charge is 0.477 e. The van der Waals surface area contributed by atoms with Crippen molar-refractivity contribution in [1.82, 2.24) is 0 Å². The molecule has 1 aliphatic rings. The number of hydrogen-bond acceptors (Lipinski definition) is 3. The Kier molecular flexibility index (Phi) is 6.52. The lowest BCUT2D eigenvalue weighted by molar-refractivity contribution is 0.0702. The number of thiophene rings is 1. The molecule has 1 aromatic heterocycles. The van der Waals surface area contributed by atoms with Crippen molar-refractivity contribution in [2.75, 3.05) is 0 Å². The molecule has 1 fully saturated rings. The monoisotopic (exact) mass is 390 g/mol. The molecule has 1 aromatic carbocycles. The van der Waals surface area contributed by atoms with Gasteiger partial charge in [0.2, 0.25) is 0 Å². The molecule has 4 atom stereocenters. The van der Waals surface area contributed by atoms with Gasteiger partial charge in [-0.25, -0.2) is 4.79 Å². The lowest BCUT2D eigenvalue weighted by Crippen LogP contribution is -2.18. The molecule has 3 nitrogen and oxygen atoms in total. The summed E-state index contributed by atoms with van der Waals surface area (Å²) in [7, 11) is 0. The third-order valence-electron chi connectivity index (χ3n) is 5.01. The van der Waals surface area contributed by atoms with Gasteiger partial charge < -0.3 is 10.2 Å². The van der Waals surface area contributed by atoms with Crippen molar-refractivity contribution >= 4 is 35.0 Å². The summed E-state index contributed by atoms with van der Waals surface area (Å²) in [6, 6.07) is 13.6. The predicted octanol–water partition coefficient (Wildman–Crippen LogP) is 5.09. The highest BCUT2D eigenvalue weighted by atomic mass is 35.5. The van der Waals surface area contributed by atoms with Crippen molar-refractivity contribution in [2.24, 2.45) is 11.8 Å². The number of aliphatic hydroxyl groups is 1. The summed E-state index contributed by atoms with van der Waals surface area (Å²) in [6.45, 7) is 0. The second kappa shape index (κ2) is 8.85. The van der Waals surface area contributed by atoms with Crippen molar-refractivity contribution in [3.8, 4) is 0 Å². The van der Waals surface area contributed by atoms with Gasteiger partial charge in [0.15, 0.2) is 0 Å². The van der Waals surface area contributed by atoms with Crippen molar-refractivity contribution in [3.05, 3.63) is 63.9 Å².